The van der Waals surface area contributed by atoms with Crippen molar-refractivity contribution in [1.29, 1.82) is 0 Å². The maximum absolute atomic E-state index is 12.2. The summed E-state index contributed by atoms with van der Waals surface area (Å²) >= 11 is 1.46. The van der Waals surface area contributed by atoms with Gasteiger partial charge in [0.1, 0.15) is 0 Å². The summed E-state index contributed by atoms with van der Waals surface area (Å²) < 4.78 is 6.04. The highest BCUT2D eigenvalue weighted by Gasteiger charge is 2.14. The molecule has 0 unspecified atom stereocenters. The number of benzene rings is 1. The summed E-state index contributed by atoms with van der Waals surface area (Å²) in [6, 6.07) is 7.12. The third kappa shape index (κ3) is 3.30. The van der Waals surface area contributed by atoms with Crippen molar-refractivity contribution in [2.75, 3.05) is 10.7 Å². The quantitative estimate of drug-likeness (QED) is 0.522. The van der Waals surface area contributed by atoms with E-state index in [2.05, 4.69) is 20.8 Å². The topological polar surface area (TPSA) is 79.5 Å². The molecule has 0 radical (unpaired) electrons. The van der Waals surface area contributed by atoms with Gasteiger partial charge < -0.3 is 9.73 Å². The molecule has 6 nitrogen and oxygen atoms in total. The number of rotatable bonds is 5. The minimum atomic E-state index is -0.284. The SMILES string of the molecule is CC/C(C)=N\Nc1nc2c(C)ccc(NC(=O)c3ccco3)c2s1. The molecular formula is C17H18N4O2S. The van der Waals surface area contributed by atoms with Crippen LogP contribution in [0.1, 0.15) is 36.4 Å². The fraction of sp³-hybridized carbons (Fsp3) is 0.235. The van der Waals surface area contributed by atoms with Crippen molar-refractivity contribution in [1.82, 2.24) is 4.98 Å². The molecule has 1 amide bonds. The number of furan rings is 1. The van der Waals surface area contributed by atoms with Gasteiger partial charge in [-0.05, 0) is 44.0 Å². The van der Waals surface area contributed by atoms with Crippen LogP contribution in [0, 0.1) is 6.92 Å². The Bertz CT molecular complexity index is 897. The lowest BCUT2D eigenvalue weighted by Crippen LogP contribution is -2.10. The maximum atomic E-state index is 12.2. The van der Waals surface area contributed by atoms with Crippen molar-refractivity contribution in [3.8, 4) is 0 Å². The van der Waals surface area contributed by atoms with E-state index in [4.69, 9.17) is 4.42 Å². The van der Waals surface area contributed by atoms with Crippen LogP contribution >= 0.6 is 11.3 Å². The van der Waals surface area contributed by atoms with E-state index in [1.165, 1.54) is 17.6 Å². The van der Waals surface area contributed by atoms with E-state index in [-0.39, 0.29) is 11.7 Å². The molecule has 0 bridgehead atoms. The van der Waals surface area contributed by atoms with Gasteiger partial charge in [-0.2, -0.15) is 5.10 Å². The molecule has 0 atom stereocenters. The highest BCUT2D eigenvalue weighted by atomic mass is 32.1. The number of thiazole rings is 1. The third-order valence-electron chi connectivity index (χ3n) is 3.59. The number of nitrogens with one attached hydrogen (secondary N) is 2. The molecule has 0 aliphatic heterocycles. The molecule has 7 heteroatoms. The maximum Gasteiger partial charge on any atom is 0.291 e. The van der Waals surface area contributed by atoms with Crippen molar-refractivity contribution < 1.29 is 9.21 Å². The average molecular weight is 342 g/mol. The Balaban J connectivity index is 1.92. The molecule has 1 aromatic carbocycles. The van der Waals surface area contributed by atoms with Crippen LogP contribution < -0.4 is 10.7 Å². The van der Waals surface area contributed by atoms with Crippen molar-refractivity contribution in [3.63, 3.8) is 0 Å². The molecule has 3 rings (SSSR count). The number of hydrazone groups is 1. The minimum Gasteiger partial charge on any atom is -0.459 e. The van der Waals surface area contributed by atoms with Crippen molar-refractivity contribution in [3.05, 3.63) is 41.9 Å². The van der Waals surface area contributed by atoms with Gasteiger partial charge >= 0.3 is 0 Å². The summed E-state index contributed by atoms with van der Waals surface area (Å²) in [6.45, 7) is 6.00. The number of nitrogens with zero attached hydrogens (tertiary/aromatic N) is 2. The third-order valence-corrected chi connectivity index (χ3v) is 4.59. The van der Waals surface area contributed by atoms with Crippen LogP contribution in [-0.4, -0.2) is 16.6 Å². The fourth-order valence-electron chi connectivity index (χ4n) is 2.09. The van der Waals surface area contributed by atoms with Crippen LogP contribution in [0.15, 0.2) is 40.0 Å². The number of aromatic nitrogens is 1. The molecule has 24 heavy (non-hydrogen) atoms. The van der Waals surface area contributed by atoms with Gasteiger partial charge in [-0.15, -0.1) is 0 Å². The van der Waals surface area contributed by atoms with Gasteiger partial charge in [0.2, 0.25) is 5.13 Å². The monoisotopic (exact) mass is 342 g/mol. The molecule has 3 aromatic rings. The van der Waals surface area contributed by atoms with Crippen molar-refractivity contribution in [2.24, 2.45) is 5.10 Å². The standard InChI is InChI=1S/C17H18N4O2S/c1-4-11(3)20-21-17-19-14-10(2)7-8-12(15(14)24-17)18-16(22)13-6-5-9-23-13/h5-9H,4H2,1-3H3,(H,18,22)(H,19,21)/b20-11-. The average Bonchev–Trinajstić information content (AvgIpc) is 3.25. The van der Waals surface area contributed by atoms with E-state index in [1.807, 2.05) is 32.9 Å². The van der Waals surface area contributed by atoms with Crippen LogP contribution in [0.3, 0.4) is 0 Å². The molecule has 2 aromatic heterocycles. The van der Waals surface area contributed by atoms with Gasteiger partial charge in [0.25, 0.3) is 5.91 Å². The predicted molar refractivity (Wildman–Crippen MR) is 98.0 cm³/mol. The zero-order valence-electron chi connectivity index (χ0n) is 13.7. The Morgan fingerprint density at radius 3 is 2.92 bits per heavy atom. The van der Waals surface area contributed by atoms with Crippen LogP contribution in [0.4, 0.5) is 10.8 Å². The number of hydrogen-bond acceptors (Lipinski definition) is 6. The number of carbonyl (C=O) groups is 1. The normalized spacial score (nSPS) is 11.7. The molecule has 0 saturated heterocycles. The van der Waals surface area contributed by atoms with Gasteiger partial charge in [-0.1, -0.05) is 24.3 Å². The minimum absolute atomic E-state index is 0.273. The summed E-state index contributed by atoms with van der Waals surface area (Å²) in [5, 5.41) is 7.85. The van der Waals surface area contributed by atoms with E-state index in [9.17, 15) is 4.79 Å². The second-order valence-electron chi connectivity index (χ2n) is 5.37. The number of hydrogen-bond donors (Lipinski definition) is 2. The fourth-order valence-corrected chi connectivity index (χ4v) is 3.05. The largest absolute Gasteiger partial charge is 0.459 e. The highest BCUT2D eigenvalue weighted by molar-refractivity contribution is 7.22. The number of fused-ring (bicyclic) bond motifs is 1. The van der Waals surface area contributed by atoms with Gasteiger partial charge in [0, 0.05) is 5.71 Å². The van der Waals surface area contributed by atoms with Crippen molar-refractivity contribution in [2.45, 2.75) is 27.2 Å². The van der Waals surface area contributed by atoms with E-state index in [0.29, 0.717) is 10.8 Å². The van der Waals surface area contributed by atoms with E-state index < -0.39 is 0 Å². The summed E-state index contributed by atoms with van der Waals surface area (Å²) in [5.41, 5.74) is 6.58. The first kappa shape index (κ1) is 16.2. The Morgan fingerprint density at radius 1 is 1.38 bits per heavy atom. The summed E-state index contributed by atoms with van der Waals surface area (Å²) in [7, 11) is 0. The molecule has 124 valence electrons. The molecular weight excluding hydrogens is 324 g/mol. The molecule has 0 fully saturated rings. The van der Waals surface area contributed by atoms with Crippen LogP contribution in [0.5, 0.6) is 0 Å². The zero-order chi connectivity index (χ0) is 17.1. The molecule has 0 aliphatic carbocycles. The lowest BCUT2D eigenvalue weighted by atomic mass is 10.2. The van der Waals surface area contributed by atoms with Crippen LogP contribution in [-0.2, 0) is 0 Å². The number of carbonyl (C=O) groups excluding carboxylic acids is 1. The predicted octanol–water partition coefficient (Wildman–Crippen LogP) is 4.65. The van der Waals surface area contributed by atoms with Crippen LogP contribution in [0.2, 0.25) is 0 Å². The number of aryl methyl sites for hydroxylation is 1. The van der Waals surface area contributed by atoms with E-state index >= 15 is 0 Å². The smallest absolute Gasteiger partial charge is 0.291 e. The molecule has 2 N–H and O–H groups in total. The summed E-state index contributed by atoms with van der Waals surface area (Å²) in [6.07, 6.45) is 2.35. The highest BCUT2D eigenvalue weighted by Crippen LogP contribution is 2.34. The Morgan fingerprint density at radius 2 is 2.21 bits per heavy atom. The molecule has 0 aliphatic rings. The molecule has 2 heterocycles. The first-order valence-corrected chi connectivity index (χ1v) is 8.44. The Hall–Kier alpha value is -2.67. The first-order valence-electron chi connectivity index (χ1n) is 7.62. The van der Waals surface area contributed by atoms with E-state index in [1.54, 1.807) is 12.1 Å². The molecule has 0 saturated carbocycles. The Kier molecular flexibility index (Phi) is 4.61. The van der Waals surface area contributed by atoms with Gasteiger partial charge in [-0.3, -0.25) is 10.2 Å². The zero-order valence-corrected chi connectivity index (χ0v) is 14.5. The first-order chi connectivity index (χ1) is 11.6. The number of anilines is 2. The summed E-state index contributed by atoms with van der Waals surface area (Å²) in [5.74, 6) is -0.0114. The van der Waals surface area contributed by atoms with Gasteiger partial charge in [0.15, 0.2) is 5.76 Å². The molecule has 0 spiro atoms. The van der Waals surface area contributed by atoms with Crippen LogP contribution in [0.25, 0.3) is 10.2 Å². The lowest BCUT2D eigenvalue weighted by molar-refractivity contribution is 0.0997. The lowest BCUT2D eigenvalue weighted by Gasteiger charge is -2.05. The number of amides is 1. The van der Waals surface area contributed by atoms with Gasteiger partial charge in [-0.25, -0.2) is 4.98 Å². The van der Waals surface area contributed by atoms with Crippen molar-refractivity contribution >= 4 is 44.0 Å². The second-order valence-corrected chi connectivity index (χ2v) is 6.37. The Labute approximate surface area is 143 Å². The summed E-state index contributed by atoms with van der Waals surface area (Å²) in [4.78, 5) is 16.8. The second kappa shape index (κ2) is 6.84. The van der Waals surface area contributed by atoms with Gasteiger partial charge in [0.05, 0.1) is 22.2 Å². The van der Waals surface area contributed by atoms with E-state index in [0.717, 1.165) is 27.9 Å².